The molecule has 0 unspecified atom stereocenters. The Labute approximate surface area is 131 Å². The number of benzene rings is 1. The van der Waals surface area contributed by atoms with E-state index in [2.05, 4.69) is 4.72 Å². The number of hydrogen-bond acceptors (Lipinski definition) is 4. The topological polar surface area (TPSA) is 83.5 Å². The molecule has 1 aromatic carbocycles. The predicted octanol–water partition coefficient (Wildman–Crippen LogP) is 2.62. The molecule has 112 valence electrons. The molecule has 0 aliphatic heterocycles. The fourth-order valence-corrected chi connectivity index (χ4v) is 3.98. The van der Waals surface area contributed by atoms with Crippen LogP contribution in [0.15, 0.2) is 40.6 Å². The third kappa shape index (κ3) is 4.28. The van der Waals surface area contributed by atoms with Crippen LogP contribution in [0, 0.1) is 0 Å². The van der Waals surface area contributed by atoms with Gasteiger partial charge in [0.1, 0.15) is 9.09 Å². The molecule has 0 aliphatic carbocycles. The van der Waals surface area contributed by atoms with Crippen LogP contribution in [0.3, 0.4) is 0 Å². The molecular formula is C13H12ClNO4S2. The van der Waals surface area contributed by atoms with Crippen molar-refractivity contribution in [3.63, 3.8) is 0 Å². The van der Waals surface area contributed by atoms with Gasteiger partial charge in [-0.3, -0.25) is 0 Å². The minimum atomic E-state index is -3.67. The number of hydrogen-bond donors (Lipinski definition) is 2. The van der Waals surface area contributed by atoms with E-state index in [0.717, 1.165) is 16.9 Å². The Morgan fingerprint density at radius 2 is 1.86 bits per heavy atom. The van der Waals surface area contributed by atoms with Crippen LogP contribution in [0.4, 0.5) is 0 Å². The monoisotopic (exact) mass is 345 g/mol. The molecule has 0 spiro atoms. The van der Waals surface area contributed by atoms with Crippen molar-refractivity contribution in [2.45, 2.75) is 10.6 Å². The highest BCUT2D eigenvalue weighted by Gasteiger charge is 2.18. The summed E-state index contributed by atoms with van der Waals surface area (Å²) in [4.78, 5) is 10.7. The zero-order valence-electron chi connectivity index (χ0n) is 10.7. The van der Waals surface area contributed by atoms with Gasteiger partial charge in [-0.1, -0.05) is 23.7 Å². The van der Waals surface area contributed by atoms with Crippen LogP contribution in [-0.2, 0) is 16.4 Å². The maximum Gasteiger partial charge on any atom is 0.345 e. The number of carboxylic acid groups (broad SMARTS) is 1. The Bertz CT molecular complexity index is 738. The van der Waals surface area contributed by atoms with Gasteiger partial charge in [-0.05, 0) is 36.2 Å². The molecule has 21 heavy (non-hydrogen) atoms. The summed E-state index contributed by atoms with van der Waals surface area (Å²) in [5, 5.41) is 9.42. The van der Waals surface area contributed by atoms with Crippen molar-refractivity contribution in [1.29, 1.82) is 0 Å². The first-order chi connectivity index (χ1) is 9.88. The van der Waals surface area contributed by atoms with Crippen LogP contribution in [0.2, 0.25) is 5.02 Å². The Hall–Kier alpha value is -1.41. The highest BCUT2D eigenvalue weighted by atomic mass is 35.5. The summed E-state index contributed by atoms with van der Waals surface area (Å²) in [6, 6.07) is 9.70. The molecule has 0 saturated carbocycles. The maximum absolute atomic E-state index is 12.0. The molecule has 0 saturated heterocycles. The smallest absolute Gasteiger partial charge is 0.345 e. The largest absolute Gasteiger partial charge is 0.477 e. The summed E-state index contributed by atoms with van der Waals surface area (Å²) in [5.74, 6) is -1.14. The molecule has 0 radical (unpaired) electrons. The predicted molar refractivity (Wildman–Crippen MR) is 81.6 cm³/mol. The molecular weight excluding hydrogens is 334 g/mol. The lowest BCUT2D eigenvalue weighted by atomic mass is 10.2. The second-order valence-corrected chi connectivity index (χ2v) is 7.71. The maximum atomic E-state index is 12.0. The Morgan fingerprint density at radius 3 is 2.43 bits per heavy atom. The van der Waals surface area contributed by atoms with Crippen LogP contribution < -0.4 is 4.72 Å². The van der Waals surface area contributed by atoms with Gasteiger partial charge >= 0.3 is 5.97 Å². The van der Waals surface area contributed by atoms with E-state index < -0.39 is 16.0 Å². The quantitative estimate of drug-likeness (QED) is 0.843. The molecule has 8 heteroatoms. The van der Waals surface area contributed by atoms with Crippen molar-refractivity contribution in [3.8, 4) is 0 Å². The molecule has 2 N–H and O–H groups in total. The van der Waals surface area contributed by atoms with Crippen molar-refractivity contribution < 1.29 is 18.3 Å². The second-order valence-electron chi connectivity index (χ2n) is 4.20. The number of aromatic carboxylic acids is 1. The van der Waals surface area contributed by atoms with Gasteiger partial charge in [0.25, 0.3) is 0 Å². The fraction of sp³-hybridized carbons (Fsp3) is 0.154. The Balaban J connectivity index is 1.97. The van der Waals surface area contributed by atoms with E-state index in [0.29, 0.717) is 11.4 Å². The van der Waals surface area contributed by atoms with Gasteiger partial charge in [-0.2, -0.15) is 0 Å². The summed E-state index contributed by atoms with van der Waals surface area (Å²) in [6.45, 7) is 0.226. The van der Waals surface area contributed by atoms with Gasteiger partial charge in [0, 0.05) is 11.6 Å². The molecule has 0 amide bonds. The molecule has 2 rings (SSSR count). The molecule has 5 nitrogen and oxygen atoms in total. The number of carbonyl (C=O) groups is 1. The third-order valence-corrected chi connectivity index (χ3v) is 5.95. The molecule has 0 bridgehead atoms. The van der Waals surface area contributed by atoms with E-state index in [9.17, 15) is 13.2 Å². The number of carboxylic acids is 1. The van der Waals surface area contributed by atoms with Crippen LogP contribution in [0.1, 0.15) is 15.2 Å². The normalized spacial score (nSPS) is 11.5. The second kappa shape index (κ2) is 6.57. The Kier molecular flexibility index (Phi) is 5.00. The minimum Gasteiger partial charge on any atom is -0.477 e. The van der Waals surface area contributed by atoms with Gasteiger partial charge in [0.05, 0.1) is 0 Å². The summed E-state index contributed by atoms with van der Waals surface area (Å²) in [5.41, 5.74) is 0.958. The molecule has 0 atom stereocenters. The van der Waals surface area contributed by atoms with Crippen molar-refractivity contribution in [2.75, 3.05) is 6.54 Å². The van der Waals surface area contributed by atoms with Crippen LogP contribution >= 0.6 is 22.9 Å². The standard InChI is InChI=1S/C13H12ClNO4S2/c14-10-3-1-9(2-4-10)7-8-15-21(18,19)12-6-5-11(20-12)13(16)17/h1-6,15H,7-8H2,(H,16,17). The third-order valence-electron chi connectivity index (χ3n) is 2.68. The summed E-state index contributed by atoms with van der Waals surface area (Å²) < 4.78 is 26.4. The lowest BCUT2D eigenvalue weighted by molar-refractivity contribution is 0.0702. The van der Waals surface area contributed by atoms with E-state index >= 15 is 0 Å². The first kappa shape index (κ1) is 16.0. The summed E-state index contributed by atoms with van der Waals surface area (Å²) in [6.07, 6.45) is 0.521. The van der Waals surface area contributed by atoms with Gasteiger partial charge in [0.15, 0.2) is 0 Å². The number of sulfonamides is 1. The van der Waals surface area contributed by atoms with E-state index in [1.165, 1.54) is 12.1 Å². The number of rotatable bonds is 6. The molecule has 0 fully saturated rings. The first-order valence-electron chi connectivity index (χ1n) is 5.96. The van der Waals surface area contributed by atoms with E-state index in [-0.39, 0.29) is 15.6 Å². The molecule has 0 aliphatic rings. The van der Waals surface area contributed by atoms with Gasteiger partial charge in [-0.25, -0.2) is 17.9 Å². The average Bonchev–Trinajstić information content (AvgIpc) is 2.91. The van der Waals surface area contributed by atoms with Gasteiger partial charge in [0.2, 0.25) is 10.0 Å². The summed E-state index contributed by atoms with van der Waals surface area (Å²) >= 11 is 6.50. The van der Waals surface area contributed by atoms with E-state index in [4.69, 9.17) is 16.7 Å². The fourth-order valence-electron chi connectivity index (χ4n) is 1.63. The lowest BCUT2D eigenvalue weighted by Crippen LogP contribution is -2.25. The highest BCUT2D eigenvalue weighted by Crippen LogP contribution is 2.21. The average molecular weight is 346 g/mol. The highest BCUT2D eigenvalue weighted by molar-refractivity contribution is 7.91. The van der Waals surface area contributed by atoms with Crippen molar-refractivity contribution >= 4 is 38.9 Å². The minimum absolute atomic E-state index is 0.00370. The van der Waals surface area contributed by atoms with Gasteiger partial charge < -0.3 is 5.11 Å². The number of thiophene rings is 1. The summed E-state index contributed by atoms with van der Waals surface area (Å²) in [7, 11) is -3.67. The van der Waals surface area contributed by atoms with Crippen LogP contribution in [-0.4, -0.2) is 26.0 Å². The van der Waals surface area contributed by atoms with Crippen molar-refractivity contribution in [3.05, 3.63) is 51.9 Å². The van der Waals surface area contributed by atoms with E-state index in [1.807, 2.05) is 12.1 Å². The molecule has 2 aromatic rings. The first-order valence-corrected chi connectivity index (χ1v) is 8.63. The molecule has 1 heterocycles. The van der Waals surface area contributed by atoms with Crippen molar-refractivity contribution in [2.24, 2.45) is 0 Å². The number of nitrogens with one attached hydrogen (secondary N) is 1. The zero-order chi connectivity index (χ0) is 15.5. The molecule has 1 aromatic heterocycles. The number of halogens is 1. The lowest BCUT2D eigenvalue weighted by Gasteiger charge is -2.05. The van der Waals surface area contributed by atoms with Crippen LogP contribution in [0.25, 0.3) is 0 Å². The van der Waals surface area contributed by atoms with E-state index in [1.54, 1.807) is 12.1 Å². The van der Waals surface area contributed by atoms with Crippen LogP contribution in [0.5, 0.6) is 0 Å². The Morgan fingerprint density at radius 1 is 1.19 bits per heavy atom. The zero-order valence-corrected chi connectivity index (χ0v) is 13.1. The van der Waals surface area contributed by atoms with Gasteiger partial charge in [-0.15, -0.1) is 11.3 Å². The van der Waals surface area contributed by atoms with Crippen molar-refractivity contribution in [1.82, 2.24) is 4.72 Å². The SMILES string of the molecule is O=C(O)c1ccc(S(=O)(=O)NCCc2ccc(Cl)cc2)s1.